The molecule has 0 amide bonds. The largest absolute Gasteiger partial charge is 0.330 e. The van der Waals surface area contributed by atoms with Crippen LogP contribution in [0.1, 0.15) is 18.4 Å². The summed E-state index contributed by atoms with van der Waals surface area (Å²) in [6.07, 6.45) is 2.45. The third kappa shape index (κ3) is 4.39. The molecule has 102 valence electrons. The Morgan fingerprint density at radius 3 is 2.56 bits per heavy atom. The van der Waals surface area contributed by atoms with Crippen LogP contribution in [0.5, 0.6) is 0 Å². The zero-order chi connectivity index (χ0) is 12.3. The van der Waals surface area contributed by atoms with Crippen LogP contribution in [0.4, 0.5) is 0 Å². The normalized spacial score (nSPS) is 17.5. The van der Waals surface area contributed by atoms with Gasteiger partial charge in [0.15, 0.2) is 0 Å². The van der Waals surface area contributed by atoms with Crippen molar-refractivity contribution in [3.63, 3.8) is 0 Å². The highest BCUT2D eigenvalue weighted by atomic mass is 79.9. The summed E-state index contributed by atoms with van der Waals surface area (Å²) >= 11 is 9.51. The van der Waals surface area contributed by atoms with Crippen LogP contribution >= 0.6 is 39.9 Å². The minimum Gasteiger partial charge on any atom is -0.330 e. The van der Waals surface area contributed by atoms with Gasteiger partial charge >= 0.3 is 0 Å². The molecular formula is C13H19BrCl2N2. The molecule has 0 unspecified atom stereocenters. The van der Waals surface area contributed by atoms with Gasteiger partial charge in [-0.05, 0) is 56.1 Å². The van der Waals surface area contributed by atoms with Gasteiger partial charge in [-0.25, -0.2) is 0 Å². The van der Waals surface area contributed by atoms with Crippen LogP contribution < -0.4 is 5.73 Å². The highest BCUT2D eigenvalue weighted by Gasteiger charge is 2.18. The standard InChI is InChI=1S/C13H18BrClN2.ClH/c14-13-7-12(15)2-1-11(13)9-17-5-3-10(8-16)4-6-17;/h1-2,7,10H,3-6,8-9,16H2;1H. The number of nitrogens with zero attached hydrogens (tertiary/aromatic N) is 1. The molecule has 1 aliphatic heterocycles. The molecule has 1 aromatic carbocycles. The number of hydrogen-bond donors (Lipinski definition) is 1. The van der Waals surface area contributed by atoms with Gasteiger partial charge in [0.25, 0.3) is 0 Å². The summed E-state index contributed by atoms with van der Waals surface area (Å²) in [5.74, 6) is 0.722. The lowest BCUT2D eigenvalue weighted by atomic mass is 9.97. The third-order valence-corrected chi connectivity index (χ3v) is 4.42. The van der Waals surface area contributed by atoms with Gasteiger partial charge in [0.2, 0.25) is 0 Å². The van der Waals surface area contributed by atoms with E-state index in [4.69, 9.17) is 17.3 Å². The van der Waals surface area contributed by atoms with E-state index in [1.54, 1.807) is 0 Å². The Labute approximate surface area is 128 Å². The van der Waals surface area contributed by atoms with Gasteiger partial charge in [-0.2, -0.15) is 0 Å². The van der Waals surface area contributed by atoms with Gasteiger partial charge in [0.1, 0.15) is 0 Å². The van der Waals surface area contributed by atoms with Crippen molar-refractivity contribution in [1.29, 1.82) is 0 Å². The number of nitrogens with two attached hydrogens (primary N) is 1. The molecule has 1 heterocycles. The summed E-state index contributed by atoms with van der Waals surface area (Å²) in [5, 5.41) is 0.780. The number of likely N-dealkylation sites (tertiary alicyclic amines) is 1. The summed E-state index contributed by atoms with van der Waals surface area (Å²) in [6, 6.07) is 6.01. The van der Waals surface area contributed by atoms with Crippen LogP contribution in [0.3, 0.4) is 0 Å². The van der Waals surface area contributed by atoms with Crippen LogP contribution in [-0.4, -0.2) is 24.5 Å². The Kier molecular flexibility index (Phi) is 6.96. The molecule has 18 heavy (non-hydrogen) atoms. The van der Waals surface area contributed by atoms with E-state index in [9.17, 15) is 0 Å². The fourth-order valence-corrected chi connectivity index (χ4v) is 3.08. The average molecular weight is 354 g/mol. The maximum Gasteiger partial charge on any atom is 0.0417 e. The van der Waals surface area contributed by atoms with Gasteiger partial charge in [-0.1, -0.05) is 33.6 Å². The lowest BCUT2D eigenvalue weighted by Gasteiger charge is -2.31. The van der Waals surface area contributed by atoms with Crippen LogP contribution in [0, 0.1) is 5.92 Å². The smallest absolute Gasteiger partial charge is 0.0417 e. The molecule has 0 aromatic heterocycles. The second-order valence-corrected chi connectivity index (χ2v) is 5.98. The lowest BCUT2D eigenvalue weighted by molar-refractivity contribution is 0.180. The second-order valence-electron chi connectivity index (χ2n) is 4.69. The Bertz CT molecular complexity index is 379. The zero-order valence-corrected chi connectivity index (χ0v) is 13.4. The summed E-state index contributed by atoms with van der Waals surface area (Å²) < 4.78 is 1.10. The van der Waals surface area contributed by atoms with Gasteiger partial charge < -0.3 is 5.73 Å². The molecule has 0 aliphatic carbocycles. The van der Waals surface area contributed by atoms with Crippen LogP contribution in [-0.2, 0) is 6.54 Å². The van der Waals surface area contributed by atoms with Crippen molar-refractivity contribution in [3.05, 3.63) is 33.3 Å². The highest BCUT2D eigenvalue weighted by Crippen LogP contribution is 2.24. The molecule has 0 saturated carbocycles. The first-order valence-corrected chi connectivity index (χ1v) is 7.22. The van der Waals surface area contributed by atoms with E-state index in [1.165, 1.54) is 18.4 Å². The van der Waals surface area contributed by atoms with Crippen molar-refractivity contribution >= 4 is 39.9 Å². The van der Waals surface area contributed by atoms with Crippen molar-refractivity contribution < 1.29 is 0 Å². The summed E-state index contributed by atoms with van der Waals surface area (Å²) in [5.41, 5.74) is 7.01. The predicted octanol–water partition coefficient (Wildman–Crippen LogP) is 3.70. The van der Waals surface area contributed by atoms with Gasteiger partial charge in [0, 0.05) is 16.0 Å². The number of piperidine rings is 1. The predicted molar refractivity (Wildman–Crippen MR) is 83.5 cm³/mol. The molecule has 1 fully saturated rings. The van der Waals surface area contributed by atoms with E-state index >= 15 is 0 Å². The fourth-order valence-electron chi connectivity index (χ4n) is 2.27. The fraction of sp³-hybridized carbons (Fsp3) is 0.538. The van der Waals surface area contributed by atoms with Crippen molar-refractivity contribution in [1.82, 2.24) is 4.90 Å². The topological polar surface area (TPSA) is 29.3 Å². The van der Waals surface area contributed by atoms with Crippen molar-refractivity contribution in [2.24, 2.45) is 11.7 Å². The Morgan fingerprint density at radius 1 is 1.33 bits per heavy atom. The molecule has 0 bridgehead atoms. The average Bonchev–Trinajstić information content (AvgIpc) is 2.34. The summed E-state index contributed by atoms with van der Waals surface area (Å²) in [4.78, 5) is 2.49. The van der Waals surface area contributed by atoms with E-state index in [0.717, 1.165) is 41.6 Å². The van der Waals surface area contributed by atoms with E-state index < -0.39 is 0 Å². The van der Waals surface area contributed by atoms with E-state index in [2.05, 4.69) is 26.9 Å². The SMILES string of the molecule is Cl.NCC1CCN(Cc2ccc(Cl)cc2Br)CC1. The molecule has 5 heteroatoms. The summed E-state index contributed by atoms with van der Waals surface area (Å²) in [7, 11) is 0. The molecule has 1 saturated heterocycles. The van der Waals surface area contributed by atoms with Gasteiger partial charge in [-0.3, -0.25) is 4.90 Å². The third-order valence-electron chi connectivity index (χ3n) is 3.45. The molecule has 2 rings (SSSR count). The number of rotatable bonds is 3. The first-order valence-electron chi connectivity index (χ1n) is 6.05. The van der Waals surface area contributed by atoms with Crippen molar-refractivity contribution in [3.8, 4) is 0 Å². The number of halogens is 3. The minimum absolute atomic E-state index is 0. The van der Waals surface area contributed by atoms with Crippen LogP contribution in [0.15, 0.2) is 22.7 Å². The molecule has 0 radical (unpaired) electrons. The van der Waals surface area contributed by atoms with Gasteiger partial charge in [0.05, 0.1) is 0 Å². The maximum absolute atomic E-state index is 5.94. The molecule has 2 N–H and O–H groups in total. The first-order chi connectivity index (χ1) is 8.19. The molecule has 1 aromatic rings. The molecule has 0 atom stereocenters. The van der Waals surface area contributed by atoms with Crippen LogP contribution in [0.25, 0.3) is 0 Å². The van der Waals surface area contributed by atoms with Crippen molar-refractivity contribution in [2.75, 3.05) is 19.6 Å². The Hall–Kier alpha value is 0.200. The van der Waals surface area contributed by atoms with E-state index in [1.807, 2.05) is 12.1 Å². The molecule has 0 spiro atoms. The second kappa shape index (κ2) is 7.71. The summed E-state index contributed by atoms with van der Waals surface area (Å²) in [6.45, 7) is 4.13. The molecule has 2 nitrogen and oxygen atoms in total. The zero-order valence-electron chi connectivity index (χ0n) is 10.2. The molecular weight excluding hydrogens is 335 g/mol. The number of hydrogen-bond acceptors (Lipinski definition) is 2. The van der Waals surface area contributed by atoms with Crippen molar-refractivity contribution in [2.45, 2.75) is 19.4 Å². The van der Waals surface area contributed by atoms with E-state index in [0.29, 0.717) is 0 Å². The number of benzene rings is 1. The van der Waals surface area contributed by atoms with Crippen LogP contribution in [0.2, 0.25) is 5.02 Å². The lowest BCUT2D eigenvalue weighted by Crippen LogP contribution is -2.35. The highest BCUT2D eigenvalue weighted by molar-refractivity contribution is 9.10. The Morgan fingerprint density at radius 2 is 2.00 bits per heavy atom. The quantitative estimate of drug-likeness (QED) is 0.897. The first kappa shape index (κ1) is 16.3. The monoisotopic (exact) mass is 352 g/mol. The molecule has 1 aliphatic rings. The minimum atomic E-state index is 0. The Balaban J connectivity index is 0.00000162. The van der Waals surface area contributed by atoms with Gasteiger partial charge in [-0.15, -0.1) is 12.4 Å². The maximum atomic E-state index is 5.94. The van der Waals surface area contributed by atoms with E-state index in [-0.39, 0.29) is 12.4 Å².